The van der Waals surface area contributed by atoms with Crippen LogP contribution < -0.4 is 11.1 Å². The molecule has 0 aliphatic heterocycles. The smallest absolute Gasteiger partial charge is 0.388 e. The number of aliphatic hydroxyl groups is 2. The van der Waals surface area contributed by atoms with Gasteiger partial charge in [0.2, 0.25) is 5.28 Å². The minimum Gasteiger partial charge on any atom is -0.388 e. The highest BCUT2D eigenvalue weighted by atomic mass is 35.5. The first kappa shape index (κ1) is 25.0. The summed E-state index contributed by atoms with van der Waals surface area (Å²) in [7, 11) is -8.96. The maximum Gasteiger partial charge on any atom is 0.481 e. The predicted molar refractivity (Wildman–Crippen MR) is 103 cm³/mol. The molecule has 30 heavy (non-hydrogen) atoms. The van der Waals surface area contributed by atoms with Crippen molar-refractivity contribution < 1.29 is 42.9 Å². The Morgan fingerprint density at radius 3 is 2.50 bits per heavy atom. The number of aliphatic hydroxyl groups excluding tert-OH is 2. The van der Waals surface area contributed by atoms with Gasteiger partial charge in [-0.15, -0.1) is 0 Å². The van der Waals surface area contributed by atoms with Gasteiger partial charge in [0.15, 0.2) is 17.7 Å². The van der Waals surface area contributed by atoms with Gasteiger partial charge in [-0.1, -0.05) is 0 Å². The number of nitrogens with one attached hydrogen (secondary N) is 1. The Kier molecular flexibility index (Phi) is 7.94. The lowest BCUT2D eigenvalue weighted by Crippen LogP contribution is -2.44. The molecule has 0 aliphatic rings. The lowest BCUT2D eigenvalue weighted by atomic mass is 9.94. The number of hydrogen-bond acceptors (Lipinski definition) is 11. The van der Waals surface area contributed by atoms with Gasteiger partial charge in [-0.3, -0.25) is 9.09 Å². The van der Waals surface area contributed by atoms with E-state index < -0.39 is 46.5 Å². The van der Waals surface area contributed by atoms with E-state index in [1.165, 1.54) is 7.05 Å². The number of nitrogen functional groups attached to an aromatic ring is 1. The number of hydrogen-bond donors (Lipinski definition) is 7. The van der Waals surface area contributed by atoms with E-state index in [4.69, 9.17) is 27.1 Å². The van der Waals surface area contributed by atoms with E-state index in [1.54, 1.807) is 6.92 Å². The van der Waals surface area contributed by atoms with Crippen LogP contribution in [0.3, 0.4) is 0 Å². The molecule has 0 spiro atoms. The van der Waals surface area contributed by atoms with Gasteiger partial charge in [0.25, 0.3) is 0 Å². The number of halogens is 1. The Hall–Kier alpha value is -1.22. The van der Waals surface area contributed by atoms with Gasteiger partial charge in [0.05, 0.1) is 12.9 Å². The summed E-state index contributed by atoms with van der Waals surface area (Å²) in [6.45, 7) is 0.845. The standard InChI is InChI=1S/C12H21ClN6O9P2/c1-5(15-2)6(3-27-30(25,26)28-29(22,23)24)8(20)11(21)19-4-16-7-9(14)17-12(13)18-10(7)19/h4-6,8,11,15,20-21H,3H2,1-2H3,(H,25,26)(H2,14,17,18)(H2,22,23,24)/t5-,6+,8-,11-/m1/s1. The molecule has 1 unspecified atom stereocenters. The number of anilines is 1. The molecule has 2 aromatic heterocycles. The lowest BCUT2D eigenvalue weighted by molar-refractivity contribution is -0.0743. The molecule has 0 saturated heterocycles. The first-order valence-electron chi connectivity index (χ1n) is 8.19. The van der Waals surface area contributed by atoms with Crippen molar-refractivity contribution in [2.24, 2.45) is 5.92 Å². The molecular formula is C12H21ClN6O9P2. The third-order valence-electron chi connectivity index (χ3n) is 4.19. The topological polar surface area (TPSA) is 235 Å². The van der Waals surface area contributed by atoms with Gasteiger partial charge >= 0.3 is 15.6 Å². The fourth-order valence-corrected chi connectivity index (χ4v) is 4.38. The number of phosphoric ester groups is 1. The number of nitrogens with zero attached hydrogens (tertiary/aromatic N) is 4. The summed E-state index contributed by atoms with van der Waals surface area (Å²) in [5.74, 6) is -1.12. The highest BCUT2D eigenvalue weighted by molar-refractivity contribution is 7.60. The van der Waals surface area contributed by atoms with Crippen molar-refractivity contribution in [3.8, 4) is 0 Å². The largest absolute Gasteiger partial charge is 0.481 e. The van der Waals surface area contributed by atoms with Crippen LogP contribution in [0.15, 0.2) is 6.33 Å². The molecule has 0 bridgehead atoms. The van der Waals surface area contributed by atoms with E-state index in [0.29, 0.717) is 0 Å². The second-order valence-corrected chi connectivity index (χ2v) is 9.35. The van der Waals surface area contributed by atoms with Gasteiger partial charge in [-0.05, 0) is 25.6 Å². The minimum absolute atomic E-state index is 0.0218. The van der Waals surface area contributed by atoms with Crippen molar-refractivity contribution >= 4 is 44.2 Å². The Labute approximate surface area is 174 Å². The third kappa shape index (κ3) is 6.15. The summed E-state index contributed by atoms with van der Waals surface area (Å²) >= 11 is 5.77. The summed E-state index contributed by atoms with van der Waals surface area (Å²) in [5.41, 5.74) is 5.84. The van der Waals surface area contributed by atoms with Crippen molar-refractivity contribution in [1.82, 2.24) is 24.8 Å². The van der Waals surface area contributed by atoms with Crippen LogP contribution in [0.25, 0.3) is 11.2 Å². The van der Waals surface area contributed by atoms with Gasteiger partial charge in [0.1, 0.15) is 11.6 Å². The number of fused-ring (bicyclic) bond motifs is 1. The molecule has 0 fully saturated rings. The lowest BCUT2D eigenvalue weighted by Gasteiger charge is -2.31. The normalized spacial score (nSPS) is 18.7. The van der Waals surface area contributed by atoms with Crippen molar-refractivity contribution in [3.63, 3.8) is 0 Å². The molecule has 2 rings (SSSR count). The molecule has 2 heterocycles. The fraction of sp³-hybridized carbons (Fsp3) is 0.583. The van der Waals surface area contributed by atoms with E-state index in [1.807, 2.05) is 0 Å². The second-order valence-electron chi connectivity index (χ2n) is 6.18. The fourth-order valence-electron chi connectivity index (χ4n) is 2.58. The van der Waals surface area contributed by atoms with E-state index in [2.05, 4.69) is 29.1 Å². The Balaban J connectivity index is 2.28. The zero-order valence-electron chi connectivity index (χ0n) is 15.6. The molecule has 0 saturated carbocycles. The van der Waals surface area contributed by atoms with Crippen LogP contribution in [-0.2, 0) is 18.0 Å². The molecule has 18 heteroatoms. The van der Waals surface area contributed by atoms with Crippen LogP contribution >= 0.6 is 27.2 Å². The monoisotopic (exact) mass is 490 g/mol. The molecule has 0 aromatic carbocycles. The average Bonchev–Trinajstić information content (AvgIpc) is 3.02. The van der Waals surface area contributed by atoms with Gasteiger partial charge in [0, 0.05) is 12.0 Å². The van der Waals surface area contributed by atoms with E-state index in [9.17, 15) is 24.2 Å². The molecule has 0 amide bonds. The molecule has 0 aliphatic carbocycles. The molecular weight excluding hydrogens is 470 g/mol. The van der Waals surface area contributed by atoms with Crippen molar-refractivity contribution in [1.29, 1.82) is 0 Å². The summed E-state index contributed by atoms with van der Waals surface area (Å²) in [5, 5.41) is 23.9. The van der Waals surface area contributed by atoms with Gasteiger partial charge in [-0.2, -0.15) is 14.3 Å². The number of imidazole rings is 1. The maximum absolute atomic E-state index is 11.7. The third-order valence-corrected chi connectivity index (χ3v) is 6.51. The summed E-state index contributed by atoms with van der Waals surface area (Å²) in [6.07, 6.45) is -2.20. The number of nitrogens with two attached hydrogens (primary N) is 1. The van der Waals surface area contributed by atoms with Crippen LogP contribution in [0, 0.1) is 5.92 Å². The summed E-state index contributed by atoms with van der Waals surface area (Å²) < 4.78 is 31.9. The van der Waals surface area contributed by atoms with Gasteiger partial charge in [-0.25, -0.2) is 14.1 Å². The Morgan fingerprint density at radius 1 is 1.30 bits per heavy atom. The minimum atomic E-state index is -5.31. The first-order valence-corrected chi connectivity index (χ1v) is 11.6. The highest BCUT2D eigenvalue weighted by Crippen LogP contribution is 2.57. The van der Waals surface area contributed by atoms with Crippen LogP contribution in [0.1, 0.15) is 13.2 Å². The molecule has 5 atom stereocenters. The summed E-state index contributed by atoms with van der Waals surface area (Å²) in [4.78, 5) is 38.4. The molecule has 170 valence electrons. The molecule has 15 nitrogen and oxygen atoms in total. The quantitative estimate of drug-likeness (QED) is 0.162. The zero-order valence-corrected chi connectivity index (χ0v) is 18.1. The van der Waals surface area contributed by atoms with Crippen molar-refractivity contribution in [3.05, 3.63) is 11.6 Å². The van der Waals surface area contributed by atoms with E-state index in [-0.39, 0.29) is 22.3 Å². The van der Waals surface area contributed by atoms with Crippen LogP contribution in [0.2, 0.25) is 5.28 Å². The molecule has 8 N–H and O–H groups in total. The van der Waals surface area contributed by atoms with E-state index in [0.717, 1.165) is 10.9 Å². The van der Waals surface area contributed by atoms with Crippen molar-refractivity contribution in [2.75, 3.05) is 19.4 Å². The number of phosphoric acid groups is 2. The average molecular weight is 491 g/mol. The second kappa shape index (κ2) is 9.51. The van der Waals surface area contributed by atoms with Crippen LogP contribution in [0.5, 0.6) is 0 Å². The van der Waals surface area contributed by atoms with Crippen molar-refractivity contribution in [2.45, 2.75) is 25.3 Å². The maximum atomic E-state index is 11.7. The highest BCUT2D eigenvalue weighted by Gasteiger charge is 2.37. The first-order chi connectivity index (χ1) is 13.8. The SMILES string of the molecule is CN[C@H](C)[C@H](COP(=O)(O)OP(=O)(O)O)[C@@H](O)[C@@H](O)n1cnc2c(N)nc(Cl)nc21. The van der Waals surface area contributed by atoms with Gasteiger partial charge < -0.3 is 35.9 Å². The molecule has 0 radical (unpaired) electrons. The van der Waals surface area contributed by atoms with Crippen LogP contribution in [-0.4, -0.2) is 70.2 Å². The Morgan fingerprint density at radius 2 is 1.93 bits per heavy atom. The zero-order chi connectivity index (χ0) is 22.9. The molecule has 2 aromatic rings. The van der Waals surface area contributed by atoms with Crippen LogP contribution in [0.4, 0.5) is 5.82 Å². The number of aromatic nitrogens is 4. The number of rotatable bonds is 10. The summed E-state index contributed by atoms with van der Waals surface area (Å²) in [6, 6.07) is -0.609. The Bertz CT molecular complexity index is 986. The van der Waals surface area contributed by atoms with E-state index >= 15 is 0 Å². The predicted octanol–water partition coefficient (Wildman–Crippen LogP) is -0.636.